The molecule has 0 atom stereocenters. The molecule has 0 aliphatic heterocycles. The molecule has 0 aromatic heterocycles. The number of rotatable bonds is 2. The zero-order valence-electron chi connectivity index (χ0n) is 5.40. The van der Waals surface area contributed by atoms with Crippen LogP contribution in [0.3, 0.4) is 0 Å². The van der Waals surface area contributed by atoms with Crippen LogP contribution in [0.1, 0.15) is 20.3 Å². The Hall–Kier alpha value is 1.01. The molecular formula is C5H14AlBr. The van der Waals surface area contributed by atoms with Crippen molar-refractivity contribution in [1.29, 1.82) is 0 Å². The molecule has 0 heterocycles. The molecule has 0 aliphatic carbocycles. The maximum atomic E-state index is 2.28. The van der Waals surface area contributed by atoms with E-state index in [1.54, 1.807) is 0 Å². The lowest BCUT2D eigenvalue weighted by atomic mass is 10.2. The van der Waals surface area contributed by atoms with Crippen LogP contribution >= 0.6 is 17.0 Å². The van der Waals surface area contributed by atoms with E-state index in [0.717, 1.165) is 5.92 Å². The van der Waals surface area contributed by atoms with E-state index in [1.165, 1.54) is 28.0 Å². The van der Waals surface area contributed by atoms with Gasteiger partial charge in [-0.05, 0) is 5.92 Å². The first-order valence-electron chi connectivity index (χ1n) is 2.77. The summed E-state index contributed by atoms with van der Waals surface area (Å²) in [6.45, 7) is 4.55. The molecule has 0 spiro atoms. The largest absolute Gasteiger partial charge is 0.211 e. The van der Waals surface area contributed by atoms with Crippen LogP contribution in [0.25, 0.3) is 0 Å². The topological polar surface area (TPSA) is 0 Å². The van der Waals surface area contributed by atoms with Crippen LogP contribution in [-0.4, -0.2) is 16.3 Å². The lowest BCUT2D eigenvalue weighted by Gasteiger charge is -1.95. The van der Waals surface area contributed by atoms with Crippen molar-refractivity contribution in [2.45, 2.75) is 25.6 Å². The molecule has 0 saturated carbocycles. The van der Waals surface area contributed by atoms with Crippen molar-refractivity contribution in [2.75, 3.05) is 0 Å². The van der Waals surface area contributed by atoms with E-state index in [1.807, 2.05) is 0 Å². The Labute approximate surface area is 64.9 Å². The molecule has 0 saturated heterocycles. The molecule has 0 N–H and O–H groups in total. The molecule has 2 heteroatoms. The van der Waals surface area contributed by atoms with Gasteiger partial charge in [0.2, 0.25) is 16.3 Å². The van der Waals surface area contributed by atoms with Crippen LogP contribution in [-0.2, 0) is 0 Å². The third-order valence-electron chi connectivity index (χ3n) is 0.866. The summed E-state index contributed by atoms with van der Waals surface area (Å²) >= 11 is 1.39. The van der Waals surface area contributed by atoms with Crippen molar-refractivity contribution in [2.24, 2.45) is 5.92 Å². The van der Waals surface area contributed by atoms with E-state index < -0.39 is 0 Å². The quantitative estimate of drug-likeness (QED) is 0.568. The Kier molecular flexibility index (Phi) is 10.9. The monoisotopic (exact) mass is 180 g/mol. The van der Waals surface area contributed by atoms with Gasteiger partial charge in [-0.25, -0.2) is 0 Å². The summed E-state index contributed by atoms with van der Waals surface area (Å²) in [6, 6.07) is 0. The highest BCUT2D eigenvalue weighted by atomic mass is 79.9. The van der Waals surface area contributed by atoms with Crippen LogP contribution in [0, 0.1) is 5.92 Å². The van der Waals surface area contributed by atoms with Gasteiger partial charge in [-0.3, -0.25) is 0 Å². The molecular weight excluding hydrogens is 167 g/mol. The van der Waals surface area contributed by atoms with Crippen LogP contribution in [0.2, 0.25) is 5.28 Å². The predicted octanol–water partition coefficient (Wildman–Crippen LogP) is 1.66. The van der Waals surface area contributed by atoms with E-state index >= 15 is 0 Å². The van der Waals surface area contributed by atoms with E-state index in [2.05, 4.69) is 13.8 Å². The van der Waals surface area contributed by atoms with Gasteiger partial charge < -0.3 is 0 Å². The molecule has 0 bridgehead atoms. The van der Waals surface area contributed by atoms with Gasteiger partial charge in [0.15, 0.2) is 0 Å². The molecule has 44 valence electrons. The number of halogens is 1. The first-order chi connectivity index (χ1) is 2.77. The lowest BCUT2D eigenvalue weighted by molar-refractivity contribution is 0.626. The molecule has 0 aromatic carbocycles. The maximum Gasteiger partial charge on any atom is 0.211 e. The number of hydrogen-bond acceptors (Lipinski definition) is 0. The minimum absolute atomic E-state index is 0. The summed E-state index contributed by atoms with van der Waals surface area (Å²) in [5.74, 6) is 0.933. The average molecular weight is 181 g/mol. The van der Waals surface area contributed by atoms with Crippen LogP contribution in [0.4, 0.5) is 0 Å². The molecule has 0 nitrogen and oxygen atoms in total. The highest BCUT2D eigenvalue weighted by Gasteiger charge is 1.85. The van der Waals surface area contributed by atoms with Crippen molar-refractivity contribution in [3.05, 3.63) is 0 Å². The van der Waals surface area contributed by atoms with Gasteiger partial charge in [0.25, 0.3) is 0 Å². The van der Waals surface area contributed by atoms with Gasteiger partial charge in [-0.15, -0.1) is 22.3 Å². The zero-order chi connectivity index (χ0) is 4.99. The van der Waals surface area contributed by atoms with Gasteiger partial charge in [0.1, 0.15) is 0 Å². The fraction of sp³-hybridized carbons (Fsp3) is 1.00. The third kappa shape index (κ3) is 10.9. The molecule has 0 fully saturated rings. The second kappa shape index (κ2) is 7.01. The standard InChI is InChI=1S/C5H11.Al.BrH.2H/c1-4-5(2)3;;;;/h5H,1,4H2,2-3H3;;1H;;. The van der Waals surface area contributed by atoms with Gasteiger partial charge in [0, 0.05) is 0 Å². The van der Waals surface area contributed by atoms with E-state index in [4.69, 9.17) is 0 Å². The van der Waals surface area contributed by atoms with Crippen molar-refractivity contribution in [3.8, 4) is 0 Å². The van der Waals surface area contributed by atoms with E-state index in [0.29, 0.717) is 0 Å². The average Bonchev–Trinajstić information content (AvgIpc) is 1.35. The Morgan fingerprint density at radius 3 is 1.86 bits per heavy atom. The summed E-state index contributed by atoms with van der Waals surface area (Å²) in [4.78, 5) is 0. The Morgan fingerprint density at radius 1 is 1.43 bits per heavy atom. The third-order valence-corrected chi connectivity index (χ3v) is 1.44. The summed E-state index contributed by atoms with van der Waals surface area (Å²) in [6.07, 6.45) is 1.44. The first-order valence-corrected chi connectivity index (χ1v) is 4.18. The summed E-state index contributed by atoms with van der Waals surface area (Å²) < 4.78 is 0. The molecule has 0 radical (unpaired) electrons. The van der Waals surface area contributed by atoms with Crippen LogP contribution in [0.5, 0.6) is 0 Å². The Balaban J connectivity index is 0. The SMILES string of the molecule is Br.CC(C)C[CH2][AlH2]. The molecule has 0 aliphatic rings. The van der Waals surface area contributed by atoms with Crippen molar-refractivity contribution >= 4 is 33.3 Å². The fourth-order valence-electron chi connectivity index (χ4n) is 0.577. The summed E-state index contributed by atoms with van der Waals surface area (Å²) in [7, 11) is 0. The zero-order valence-corrected chi connectivity index (χ0v) is 9.11. The Morgan fingerprint density at radius 2 is 1.86 bits per heavy atom. The Bertz CT molecular complexity index is 29.3. The highest BCUT2D eigenvalue weighted by molar-refractivity contribution is 8.93. The van der Waals surface area contributed by atoms with Gasteiger partial charge in [-0.1, -0.05) is 20.3 Å². The van der Waals surface area contributed by atoms with Crippen LogP contribution < -0.4 is 0 Å². The van der Waals surface area contributed by atoms with Gasteiger partial charge in [-0.2, -0.15) is 0 Å². The lowest BCUT2D eigenvalue weighted by Crippen LogP contribution is -1.83. The van der Waals surface area contributed by atoms with E-state index in [9.17, 15) is 0 Å². The van der Waals surface area contributed by atoms with Gasteiger partial charge >= 0.3 is 0 Å². The predicted molar refractivity (Wildman–Crippen MR) is 43.1 cm³/mol. The number of hydrogen-bond donors (Lipinski definition) is 0. The first kappa shape index (κ1) is 10.9. The van der Waals surface area contributed by atoms with Crippen molar-refractivity contribution < 1.29 is 0 Å². The summed E-state index contributed by atoms with van der Waals surface area (Å²) in [5.41, 5.74) is 0. The van der Waals surface area contributed by atoms with Crippen molar-refractivity contribution in [3.63, 3.8) is 0 Å². The van der Waals surface area contributed by atoms with E-state index in [-0.39, 0.29) is 17.0 Å². The normalized spacial score (nSPS) is 8.43. The smallest absolute Gasteiger partial charge is 0.114 e. The minimum Gasteiger partial charge on any atom is -0.114 e. The van der Waals surface area contributed by atoms with Crippen LogP contribution in [0.15, 0.2) is 0 Å². The molecule has 7 heavy (non-hydrogen) atoms. The molecule has 0 amide bonds. The maximum absolute atomic E-state index is 2.28. The molecule has 0 aromatic rings. The second-order valence-corrected chi connectivity index (χ2v) is 3.18. The van der Waals surface area contributed by atoms with Crippen molar-refractivity contribution in [1.82, 2.24) is 0 Å². The highest BCUT2D eigenvalue weighted by Crippen LogP contribution is 1.99. The summed E-state index contributed by atoms with van der Waals surface area (Å²) in [5, 5.41) is 1.47. The fourth-order valence-corrected chi connectivity index (χ4v) is 1.73. The molecule has 0 unspecified atom stereocenters. The molecule has 0 rings (SSSR count). The minimum atomic E-state index is 0. The second-order valence-electron chi connectivity index (χ2n) is 2.18. The van der Waals surface area contributed by atoms with Gasteiger partial charge in [0.05, 0.1) is 0 Å².